The Morgan fingerprint density at radius 3 is 2.63 bits per heavy atom. The summed E-state index contributed by atoms with van der Waals surface area (Å²) in [5.41, 5.74) is 4.30. The number of hydrogen-bond acceptors (Lipinski definition) is 2. The Morgan fingerprint density at radius 2 is 1.80 bits per heavy atom. The van der Waals surface area contributed by atoms with E-state index in [2.05, 4.69) is 50.2 Å². The maximum atomic E-state index is 13.5. The number of hydrogen-bond donors (Lipinski definition) is 1. The van der Waals surface area contributed by atoms with E-state index in [0.29, 0.717) is 17.7 Å². The van der Waals surface area contributed by atoms with Crippen LogP contribution < -0.4 is 0 Å². The van der Waals surface area contributed by atoms with Crippen LogP contribution in [0.5, 0.6) is 0 Å². The summed E-state index contributed by atoms with van der Waals surface area (Å²) in [5.74, 6) is 0.00240. The fourth-order valence-electron chi connectivity index (χ4n) is 3.81. The molecule has 0 fully saturated rings. The van der Waals surface area contributed by atoms with Gasteiger partial charge in [-0.25, -0.2) is 4.98 Å². The minimum atomic E-state index is 0.00240. The van der Waals surface area contributed by atoms with Gasteiger partial charge in [0.25, 0.3) is 0 Å². The zero-order valence-corrected chi connectivity index (χ0v) is 17.6. The zero-order chi connectivity index (χ0) is 20.5. The molecule has 30 heavy (non-hydrogen) atoms. The van der Waals surface area contributed by atoms with Crippen molar-refractivity contribution in [3.05, 3.63) is 113 Å². The van der Waals surface area contributed by atoms with Gasteiger partial charge in [-0.2, -0.15) is 0 Å². The average molecular weight is 456 g/mol. The van der Waals surface area contributed by atoms with Crippen molar-refractivity contribution in [3.63, 3.8) is 0 Å². The molecule has 0 aliphatic rings. The van der Waals surface area contributed by atoms with Crippen LogP contribution in [0.4, 0.5) is 0 Å². The van der Waals surface area contributed by atoms with Gasteiger partial charge in [0.15, 0.2) is 5.78 Å². The predicted molar refractivity (Wildman–Crippen MR) is 123 cm³/mol. The number of carbonyl (C=O) groups excluding carboxylic acids is 1. The molecule has 1 N–H and O–H groups in total. The first-order valence-electron chi connectivity index (χ1n) is 9.64. The lowest BCUT2D eigenvalue weighted by atomic mass is 9.94. The molecule has 0 aliphatic heterocycles. The highest BCUT2D eigenvalue weighted by Gasteiger charge is 2.19. The number of halogens is 1. The smallest absolute Gasteiger partial charge is 0.195 e. The molecule has 0 spiro atoms. The average Bonchev–Trinajstić information content (AvgIpc) is 3.43. The molecule has 2 aromatic heterocycles. The SMILES string of the molecule is O=C(c1cccc(Br)c1)c1cn(Cc2cnc[nH]2)cc1-c1cccc2ccccc12. The summed E-state index contributed by atoms with van der Waals surface area (Å²) in [6.45, 7) is 0.615. The maximum Gasteiger partial charge on any atom is 0.195 e. The Hall–Kier alpha value is -3.44. The van der Waals surface area contributed by atoms with Crippen molar-refractivity contribution in [2.24, 2.45) is 0 Å². The van der Waals surface area contributed by atoms with E-state index in [1.54, 1.807) is 12.5 Å². The number of nitrogens with zero attached hydrogens (tertiary/aromatic N) is 2. The molecular weight excluding hydrogens is 438 g/mol. The van der Waals surface area contributed by atoms with Crippen molar-refractivity contribution in [2.45, 2.75) is 6.54 Å². The standard InChI is InChI=1S/C25H18BrN3O/c26-19-8-3-7-18(11-19)25(30)24-15-29(13-20-12-27-16-28-20)14-23(24)22-10-4-6-17-5-1-2-9-21(17)22/h1-12,14-16H,13H2,(H,27,28). The van der Waals surface area contributed by atoms with Crippen LogP contribution in [0.3, 0.4) is 0 Å². The van der Waals surface area contributed by atoms with E-state index in [1.807, 2.05) is 59.4 Å². The Bertz CT molecular complexity index is 1350. The van der Waals surface area contributed by atoms with Crippen molar-refractivity contribution >= 4 is 32.5 Å². The van der Waals surface area contributed by atoms with Crippen LogP contribution in [-0.2, 0) is 6.54 Å². The monoisotopic (exact) mass is 455 g/mol. The lowest BCUT2D eigenvalue weighted by Gasteiger charge is -2.08. The minimum Gasteiger partial charge on any atom is -0.347 e. The molecule has 0 aliphatic carbocycles. The summed E-state index contributed by atoms with van der Waals surface area (Å²) in [6, 6.07) is 22.0. The Kier molecular flexibility index (Phi) is 4.81. The summed E-state index contributed by atoms with van der Waals surface area (Å²) in [5, 5.41) is 2.28. The van der Waals surface area contributed by atoms with E-state index in [1.165, 1.54) is 0 Å². The van der Waals surface area contributed by atoms with Crippen molar-refractivity contribution < 1.29 is 4.79 Å². The Balaban J connectivity index is 1.68. The molecule has 0 unspecified atom stereocenters. The molecule has 3 aromatic carbocycles. The molecule has 2 heterocycles. The second kappa shape index (κ2) is 7.76. The van der Waals surface area contributed by atoms with Gasteiger partial charge in [-0.15, -0.1) is 0 Å². The van der Waals surface area contributed by atoms with Crippen LogP contribution in [0.2, 0.25) is 0 Å². The molecule has 0 radical (unpaired) electrons. The summed E-state index contributed by atoms with van der Waals surface area (Å²) >= 11 is 3.48. The lowest BCUT2D eigenvalue weighted by molar-refractivity contribution is 0.103. The van der Waals surface area contributed by atoms with Crippen LogP contribution in [0.25, 0.3) is 21.9 Å². The first-order valence-corrected chi connectivity index (χ1v) is 10.4. The summed E-state index contributed by atoms with van der Waals surface area (Å²) in [7, 11) is 0. The summed E-state index contributed by atoms with van der Waals surface area (Å²) in [6.07, 6.45) is 7.44. The van der Waals surface area contributed by atoms with Crippen molar-refractivity contribution in [1.29, 1.82) is 0 Å². The second-order valence-electron chi connectivity index (χ2n) is 7.20. The van der Waals surface area contributed by atoms with Crippen molar-refractivity contribution in [1.82, 2.24) is 14.5 Å². The van der Waals surface area contributed by atoms with Gasteiger partial charge in [-0.05, 0) is 28.5 Å². The number of aromatic nitrogens is 3. The number of aromatic amines is 1. The highest BCUT2D eigenvalue weighted by molar-refractivity contribution is 9.10. The molecule has 0 saturated heterocycles. The maximum absolute atomic E-state index is 13.5. The number of carbonyl (C=O) groups is 1. The third-order valence-electron chi connectivity index (χ3n) is 5.20. The Labute approximate surface area is 182 Å². The molecule has 4 nitrogen and oxygen atoms in total. The molecule has 0 bridgehead atoms. The van der Waals surface area contributed by atoms with Crippen LogP contribution in [0.1, 0.15) is 21.6 Å². The molecule has 5 aromatic rings. The van der Waals surface area contributed by atoms with E-state index >= 15 is 0 Å². The van der Waals surface area contributed by atoms with E-state index < -0.39 is 0 Å². The van der Waals surface area contributed by atoms with Gasteiger partial charge in [0.05, 0.1) is 18.6 Å². The van der Waals surface area contributed by atoms with Gasteiger partial charge in [0.2, 0.25) is 0 Å². The number of imidazole rings is 1. The third-order valence-corrected chi connectivity index (χ3v) is 5.69. The van der Waals surface area contributed by atoms with Crippen LogP contribution in [0, 0.1) is 0 Å². The number of nitrogens with one attached hydrogen (secondary N) is 1. The molecular formula is C25H18BrN3O. The van der Waals surface area contributed by atoms with Gasteiger partial charge < -0.3 is 9.55 Å². The molecule has 0 atom stereocenters. The highest BCUT2D eigenvalue weighted by Crippen LogP contribution is 2.33. The Morgan fingerprint density at radius 1 is 0.967 bits per heavy atom. The second-order valence-corrected chi connectivity index (χ2v) is 8.12. The van der Waals surface area contributed by atoms with E-state index in [-0.39, 0.29) is 5.78 Å². The molecule has 5 heteroatoms. The third kappa shape index (κ3) is 3.48. The van der Waals surface area contributed by atoms with Crippen molar-refractivity contribution in [2.75, 3.05) is 0 Å². The number of H-pyrrole nitrogens is 1. The molecule has 5 rings (SSSR count). The van der Waals surface area contributed by atoms with Gasteiger partial charge in [-0.1, -0.05) is 70.5 Å². The molecule has 146 valence electrons. The zero-order valence-electron chi connectivity index (χ0n) is 16.0. The fourth-order valence-corrected chi connectivity index (χ4v) is 4.21. The fraction of sp³-hybridized carbons (Fsp3) is 0.0400. The predicted octanol–water partition coefficient (Wildman–Crippen LogP) is 6.07. The quantitative estimate of drug-likeness (QED) is 0.326. The van der Waals surface area contributed by atoms with Crippen LogP contribution >= 0.6 is 15.9 Å². The number of rotatable bonds is 5. The normalized spacial score (nSPS) is 11.1. The van der Waals surface area contributed by atoms with E-state index in [9.17, 15) is 4.79 Å². The minimum absolute atomic E-state index is 0.00240. The van der Waals surface area contributed by atoms with Gasteiger partial charge in [-0.3, -0.25) is 4.79 Å². The number of fused-ring (bicyclic) bond motifs is 1. The van der Waals surface area contributed by atoms with Crippen LogP contribution in [-0.4, -0.2) is 20.3 Å². The van der Waals surface area contributed by atoms with Crippen LogP contribution in [0.15, 0.2) is 96.1 Å². The largest absolute Gasteiger partial charge is 0.347 e. The highest BCUT2D eigenvalue weighted by atomic mass is 79.9. The van der Waals surface area contributed by atoms with Gasteiger partial charge in [0.1, 0.15) is 0 Å². The topological polar surface area (TPSA) is 50.7 Å². The summed E-state index contributed by atoms with van der Waals surface area (Å²) in [4.78, 5) is 20.7. The van der Waals surface area contributed by atoms with Gasteiger partial charge >= 0.3 is 0 Å². The number of benzene rings is 3. The van der Waals surface area contributed by atoms with E-state index in [4.69, 9.17) is 0 Å². The van der Waals surface area contributed by atoms with Gasteiger partial charge in [0, 0.05) is 39.8 Å². The number of ketones is 1. The first kappa shape index (κ1) is 18.6. The summed E-state index contributed by atoms with van der Waals surface area (Å²) < 4.78 is 2.92. The lowest BCUT2D eigenvalue weighted by Crippen LogP contribution is -2.02. The first-order chi connectivity index (χ1) is 14.7. The molecule has 0 amide bonds. The molecule has 0 saturated carbocycles. The van der Waals surface area contributed by atoms with Crippen molar-refractivity contribution in [3.8, 4) is 11.1 Å². The van der Waals surface area contributed by atoms with E-state index in [0.717, 1.165) is 32.1 Å².